The molecule has 28 heavy (non-hydrogen) atoms. The average molecular weight is 384 g/mol. The smallest absolute Gasteiger partial charge is 0.351 e. The number of aliphatic imine (C=N–C) groups is 2. The molecule has 0 atom stereocenters. The van der Waals surface area contributed by atoms with Crippen molar-refractivity contribution in [2.75, 3.05) is 4.90 Å². The second kappa shape index (κ2) is 6.39. The SMILES string of the molecule is Cn1c(=O)n(-c2cccc(N3C(N)=NC(N)=NC34CCCCC4)c2)c(=O)n1C. The highest BCUT2D eigenvalue weighted by Crippen LogP contribution is 2.39. The molecule has 1 aromatic carbocycles. The first-order valence-corrected chi connectivity index (χ1v) is 9.29. The normalized spacial score (nSPS) is 18.9. The molecule has 1 spiro atoms. The highest BCUT2D eigenvalue weighted by Gasteiger charge is 2.42. The second-order valence-corrected chi connectivity index (χ2v) is 7.29. The largest absolute Gasteiger partial charge is 0.369 e. The first-order valence-electron chi connectivity index (χ1n) is 9.29. The van der Waals surface area contributed by atoms with E-state index >= 15 is 0 Å². The summed E-state index contributed by atoms with van der Waals surface area (Å²) in [7, 11) is 3.10. The first-order chi connectivity index (χ1) is 13.3. The summed E-state index contributed by atoms with van der Waals surface area (Å²) in [6, 6.07) is 7.14. The molecule has 0 amide bonds. The van der Waals surface area contributed by atoms with Crippen molar-refractivity contribution < 1.29 is 0 Å². The monoisotopic (exact) mass is 384 g/mol. The van der Waals surface area contributed by atoms with Gasteiger partial charge in [0.25, 0.3) is 0 Å². The lowest BCUT2D eigenvalue weighted by molar-refractivity contribution is 0.305. The predicted octanol–water partition coefficient (Wildman–Crippen LogP) is -0.0155. The number of guanidine groups is 2. The Balaban J connectivity index is 1.85. The van der Waals surface area contributed by atoms with E-state index in [0.29, 0.717) is 5.69 Å². The summed E-state index contributed by atoms with van der Waals surface area (Å²) < 4.78 is 3.66. The van der Waals surface area contributed by atoms with Gasteiger partial charge in [-0.05, 0) is 43.9 Å². The summed E-state index contributed by atoms with van der Waals surface area (Å²) in [6.07, 6.45) is 4.78. The third kappa shape index (κ3) is 2.63. The zero-order valence-corrected chi connectivity index (χ0v) is 16.0. The van der Waals surface area contributed by atoms with Gasteiger partial charge in [-0.15, -0.1) is 0 Å². The van der Waals surface area contributed by atoms with Crippen molar-refractivity contribution in [3.05, 3.63) is 45.2 Å². The Morgan fingerprint density at radius 1 is 0.964 bits per heavy atom. The molecular weight excluding hydrogens is 360 g/mol. The Bertz CT molecular complexity index is 1060. The Hall–Kier alpha value is -3.30. The van der Waals surface area contributed by atoms with Crippen LogP contribution in [0.2, 0.25) is 0 Å². The van der Waals surface area contributed by atoms with E-state index in [1.54, 1.807) is 32.3 Å². The highest BCUT2D eigenvalue weighted by molar-refractivity contribution is 6.05. The molecule has 0 radical (unpaired) electrons. The molecule has 1 aromatic heterocycles. The Morgan fingerprint density at radius 2 is 1.57 bits per heavy atom. The van der Waals surface area contributed by atoms with Gasteiger partial charge in [0.05, 0.1) is 5.69 Å². The molecule has 4 rings (SSSR count). The topological polar surface area (TPSA) is 129 Å². The van der Waals surface area contributed by atoms with E-state index in [-0.39, 0.29) is 11.9 Å². The van der Waals surface area contributed by atoms with Crippen molar-refractivity contribution in [2.24, 2.45) is 35.5 Å². The standard InChI is InChI=1S/C18H24N8O2/c1-23-16(27)25(17(28)24(23)2)12-7-6-8-13(11-12)26-15(20)21-14(19)22-18(26)9-4-3-5-10-18/h6-8,11H,3-5,9-10H2,1-2H3,(H4,19,20,21,22). The van der Waals surface area contributed by atoms with Gasteiger partial charge in [0.2, 0.25) is 11.9 Å². The summed E-state index contributed by atoms with van der Waals surface area (Å²) in [5.74, 6) is 0.444. The van der Waals surface area contributed by atoms with Crippen molar-refractivity contribution in [3.63, 3.8) is 0 Å². The minimum absolute atomic E-state index is 0.181. The molecule has 4 N–H and O–H groups in total. The van der Waals surface area contributed by atoms with Gasteiger partial charge in [0, 0.05) is 19.8 Å². The maximum Gasteiger partial charge on any atom is 0.351 e. The van der Waals surface area contributed by atoms with Gasteiger partial charge in [0.15, 0.2) is 0 Å². The van der Waals surface area contributed by atoms with Crippen LogP contribution in [0.4, 0.5) is 5.69 Å². The van der Waals surface area contributed by atoms with Gasteiger partial charge in [-0.25, -0.2) is 28.5 Å². The van der Waals surface area contributed by atoms with Gasteiger partial charge < -0.3 is 11.5 Å². The van der Waals surface area contributed by atoms with E-state index in [4.69, 9.17) is 11.5 Å². The lowest BCUT2D eigenvalue weighted by Gasteiger charge is -2.45. The Morgan fingerprint density at radius 3 is 2.21 bits per heavy atom. The van der Waals surface area contributed by atoms with Crippen molar-refractivity contribution in [2.45, 2.75) is 37.8 Å². The van der Waals surface area contributed by atoms with Crippen LogP contribution in [0.25, 0.3) is 5.69 Å². The molecule has 1 saturated carbocycles. The number of hydrogen-bond donors (Lipinski definition) is 2. The molecule has 0 unspecified atom stereocenters. The van der Waals surface area contributed by atoms with Gasteiger partial charge in [-0.2, -0.15) is 4.99 Å². The van der Waals surface area contributed by atoms with Crippen molar-refractivity contribution in [1.29, 1.82) is 0 Å². The minimum atomic E-state index is -0.584. The van der Waals surface area contributed by atoms with E-state index in [0.717, 1.165) is 42.4 Å². The zero-order chi connectivity index (χ0) is 20.1. The molecular formula is C18H24N8O2. The number of hydrogen-bond acceptors (Lipinski definition) is 7. The summed E-state index contributed by atoms with van der Waals surface area (Å²) in [4.78, 5) is 35.7. The number of benzene rings is 1. The van der Waals surface area contributed by atoms with Gasteiger partial charge in [-0.1, -0.05) is 12.5 Å². The lowest BCUT2D eigenvalue weighted by atomic mass is 9.87. The Kier molecular flexibility index (Phi) is 4.13. The van der Waals surface area contributed by atoms with Crippen LogP contribution in [0, 0.1) is 0 Å². The Labute approximate surface area is 161 Å². The minimum Gasteiger partial charge on any atom is -0.369 e. The zero-order valence-electron chi connectivity index (χ0n) is 16.0. The van der Waals surface area contributed by atoms with Crippen LogP contribution in [0.1, 0.15) is 32.1 Å². The van der Waals surface area contributed by atoms with Crippen LogP contribution in [0.15, 0.2) is 43.8 Å². The predicted molar refractivity (Wildman–Crippen MR) is 108 cm³/mol. The molecule has 2 aliphatic rings. The van der Waals surface area contributed by atoms with Crippen LogP contribution in [-0.4, -0.2) is 31.5 Å². The lowest BCUT2D eigenvalue weighted by Crippen LogP contribution is -2.58. The molecule has 10 heteroatoms. The number of rotatable bonds is 2. The molecule has 10 nitrogen and oxygen atoms in total. The van der Waals surface area contributed by atoms with Crippen LogP contribution in [0.5, 0.6) is 0 Å². The molecule has 2 aromatic rings. The van der Waals surface area contributed by atoms with Crippen molar-refractivity contribution >= 4 is 17.6 Å². The third-order valence-electron chi connectivity index (χ3n) is 5.58. The number of nitrogens with zero attached hydrogens (tertiary/aromatic N) is 6. The number of aromatic nitrogens is 3. The fourth-order valence-electron chi connectivity index (χ4n) is 4.11. The first kappa shape index (κ1) is 18.1. The average Bonchev–Trinajstić information content (AvgIpc) is 2.85. The van der Waals surface area contributed by atoms with E-state index < -0.39 is 17.0 Å². The van der Waals surface area contributed by atoms with Crippen LogP contribution < -0.4 is 27.7 Å². The van der Waals surface area contributed by atoms with Gasteiger partial charge in [0.1, 0.15) is 5.66 Å². The van der Waals surface area contributed by atoms with Crippen LogP contribution >= 0.6 is 0 Å². The molecule has 0 bridgehead atoms. The van der Waals surface area contributed by atoms with E-state index in [2.05, 4.69) is 9.98 Å². The summed E-state index contributed by atoms with van der Waals surface area (Å²) >= 11 is 0. The molecule has 1 fully saturated rings. The third-order valence-corrected chi connectivity index (χ3v) is 5.58. The van der Waals surface area contributed by atoms with E-state index in [9.17, 15) is 9.59 Å². The number of nitrogens with two attached hydrogens (primary N) is 2. The fraction of sp³-hybridized carbons (Fsp3) is 0.444. The molecule has 148 valence electrons. The molecule has 2 heterocycles. The van der Waals surface area contributed by atoms with Crippen molar-refractivity contribution in [1.82, 2.24) is 13.9 Å². The van der Waals surface area contributed by atoms with Crippen LogP contribution in [-0.2, 0) is 14.1 Å². The number of anilines is 1. The fourth-order valence-corrected chi connectivity index (χ4v) is 4.11. The van der Waals surface area contributed by atoms with Crippen molar-refractivity contribution in [3.8, 4) is 5.69 Å². The molecule has 0 saturated heterocycles. The maximum absolute atomic E-state index is 12.5. The molecule has 1 aliphatic heterocycles. The molecule has 1 aliphatic carbocycles. The maximum atomic E-state index is 12.5. The summed E-state index contributed by atoms with van der Waals surface area (Å²) in [5.41, 5.74) is 11.9. The summed E-state index contributed by atoms with van der Waals surface area (Å²) in [5, 5.41) is 0. The summed E-state index contributed by atoms with van der Waals surface area (Å²) in [6.45, 7) is 0. The highest BCUT2D eigenvalue weighted by atomic mass is 16.2. The van der Waals surface area contributed by atoms with Crippen LogP contribution in [0.3, 0.4) is 0 Å². The van der Waals surface area contributed by atoms with Gasteiger partial charge in [-0.3, -0.25) is 4.90 Å². The quantitative estimate of drug-likeness (QED) is 0.752. The van der Waals surface area contributed by atoms with E-state index in [1.165, 1.54) is 9.36 Å². The van der Waals surface area contributed by atoms with E-state index in [1.807, 2.05) is 11.0 Å². The second-order valence-electron chi connectivity index (χ2n) is 7.29. The van der Waals surface area contributed by atoms with Gasteiger partial charge >= 0.3 is 11.4 Å².